The number of hydrogen-bond acceptors (Lipinski definition) is 4. The largest absolute Gasteiger partial charge is 0.343 e. The summed E-state index contributed by atoms with van der Waals surface area (Å²) in [5.74, 6) is 0.536. The average molecular weight is 364 g/mol. The third-order valence-corrected chi connectivity index (χ3v) is 6.01. The first-order chi connectivity index (χ1) is 12.6. The van der Waals surface area contributed by atoms with Gasteiger partial charge in [0.2, 0.25) is 17.7 Å². The molecule has 0 bridgehead atoms. The second kappa shape index (κ2) is 8.84. The van der Waals surface area contributed by atoms with Gasteiger partial charge in [0.15, 0.2) is 0 Å². The van der Waals surface area contributed by atoms with Crippen molar-refractivity contribution in [1.82, 2.24) is 19.6 Å². The third-order valence-electron chi connectivity index (χ3n) is 6.01. The topological polar surface area (TPSA) is 64.2 Å². The van der Waals surface area contributed by atoms with Gasteiger partial charge in [-0.3, -0.25) is 14.4 Å². The SMILES string of the molecule is CCN1CCN(C(=O)[C@H]2CCC(=O)N(CCCN3CCCC3=O)C2)CC1. The maximum absolute atomic E-state index is 12.8. The number of amides is 3. The number of nitrogens with zero attached hydrogens (tertiary/aromatic N) is 4. The quantitative estimate of drug-likeness (QED) is 0.684. The molecule has 3 aliphatic heterocycles. The van der Waals surface area contributed by atoms with Crippen LogP contribution in [0.4, 0.5) is 0 Å². The fourth-order valence-corrected chi connectivity index (χ4v) is 4.27. The van der Waals surface area contributed by atoms with Gasteiger partial charge in [-0.15, -0.1) is 0 Å². The summed E-state index contributed by atoms with van der Waals surface area (Å²) in [6, 6.07) is 0. The minimum Gasteiger partial charge on any atom is -0.343 e. The molecule has 0 N–H and O–H groups in total. The van der Waals surface area contributed by atoms with Gasteiger partial charge in [-0.05, 0) is 25.8 Å². The number of likely N-dealkylation sites (N-methyl/N-ethyl adjacent to an activating group) is 1. The molecule has 7 nitrogen and oxygen atoms in total. The highest BCUT2D eigenvalue weighted by atomic mass is 16.2. The van der Waals surface area contributed by atoms with Gasteiger partial charge in [-0.2, -0.15) is 0 Å². The minimum absolute atomic E-state index is 0.0608. The molecule has 146 valence electrons. The van der Waals surface area contributed by atoms with Crippen molar-refractivity contribution in [3.63, 3.8) is 0 Å². The predicted molar refractivity (Wildman–Crippen MR) is 98.4 cm³/mol. The molecule has 0 aromatic carbocycles. The van der Waals surface area contributed by atoms with E-state index in [-0.39, 0.29) is 23.6 Å². The summed E-state index contributed by atoms with van der Waals surface area (Å²) in [6.07, 6.45) is 3.54. The zero-order valence-electron chi connectivity index (χ0n) is 16.0. The number of likely N-dealkylation sites (tertiary alicyclic amines) is 2. The molecule has 0 radical (unpaired) electrons. The van der Waals surface area contributed by atoms with Crippen molar-refractivity contribution in [2.24, 2.45) is 5.92 Å². The van der Waals surface area contributed by atoms with Crippen molar-refractivity contribution in [2.75, 3.05) is 58.9 Å². The van der Waals surface area contributed by atoms with Crippen LogP contribution < -0.4 is 0 Å². The van der Waals surface area contributed by atoms with Crippen LogP contribution in [0.5, 0.6) is 0 Å². The molecule has 1 atom stereocenters. The van der Waals surface area contributed by atoms with Gasteiger partial charge >= 0.3 is 0 Å². The van der Waals surface area contributed by atoms with Crippen LogP contribution in [0.3, 0.4) is 0 Å². The van der Waals surface area contributed by atoms with Crippen molar-refractivity contribution in [1.29, 1.82) is 0 Å². The Kier molecular flexibility index (Phi) is 6.51. The normalized spacial score (nSPS) is 25.3. The molecule has 0 aliphatic carbocycles. The van der Waals surface area contributed by atoms with Gasteiger partial charge in [0.25, 0.3) is 0 Å². The first-order valence-electron chi connectivity index (χ1n) is 10.1. The van der Waals surface area contributed by atoms with Crippen LogP contribution in [0.25, 0.3) is 0 Å². The predicted octanol–water partition coefficient (Wildman–Crippen LogP) is 0.402. The van der Waals surface area contributed by atoms with E-state index in [1.54, 1.807) is 0 Å². The molecular formula is C19H32N4O3. The van der Waals surface area contributed by atoms with Crippen molar-refractivity contribution in [3.8, 4) is 0 Å². The maximum Gasteiger partial charge on any atom is 0.227 e. The Hall–Kier alpha value is -1.63. The van der Waals surface area contributed by atoms with Gasteiger partial charge in [-0.25, -0.2) is 0 Å². The van der Waals surface area contributed by atoms with Crippen LogP contribution in [-0.2, 0) is 14.4 Å². The Morgan fingerprint density at radius 3 is 2.31 bits per heavy atom. The van der Waals surface area contributed by atoms with Gasteiger partial charge in [0.1, 0.15) is 0 Å². The summed E-state index contributed by atoms with van der Waals surface area (Å²) >= 11 is 0. The summed E-state index contributed by atoms with van der Waals surface area (Å²) in [7, 11) is 0. The van der Waals surface area contributed by atoms with E-state index in [1.165, 1.54) is 0 Å². The lowest BCUT2D eigenvalue weighted by Crippen LogP contribution is -2.53. The molecule has 3 rings (SSSR count). The van der Waals surface area contributed by atoms with Crippen molar-refractivity contribution in [3.05, 3.63) is 0 Å². The van der Waals surface area contributed by atoms with Crippen LogP contribution in [0.1, 0.15) is 39.0 Å². The Morgan fingerprint density at radius 2 is 1.65 bits per heavy atom. The van der Waals surface area contributed by atoms with E-state index in [1.807, 2.05) is 14.7 Å². The molecule has 0 aromatic rings. The fourth-order valence-electron chi connectivity index (χ4n) is 4.27. The zero-order valence-corrected chi connectivity index (χ0v) is 16.0. The average Bonchev–Trinajstić information content (AvgIpc) is 3.07. The van der Waals surface area contributed by atoms with E-state index >= 15 is 0 Å². The molecule has 0 saturated carbocycles. The van der Waals surface area contributed by atoms with Gasteiger partial charge in [0.05, 0.1) is 5.92 Å². The second-order valence-electron chi connectivity index (χ2n) is 7.67. The van der Waals surface area contributed by atoms with E-state index in [0.29, 0.717) is 32.4 Å². The summed E-state index contributed by atoms with van der Waals surface area (Å²) in [4.78, 5) is 44.8. The van der Waals surface area contributed by atoms with E-state index < -0.39 is 0 Å². The Bertz CT molecular complexity index is 531. The first kappa shape index (κ1) is 19.1. The molecule has 26 heavy (non-hydrogen) atoms. The van der Waals surface area contributed by atoms with Crippen molar-refractivity contribution >= 4 is 17.7 Å². The highest BCUT2D eigenvalue weighted by Gasteiger charge is 2.33. The second-order valence-corrected chi connectivity index (χ2v) is 7.67. The monoisotopic (exact) mass is 364 g/mol. The highest BCUT2D eigenvalue weighted by Crippen LogP contribution is 2.21. The molecule has 7 heteroatoms. The number of piperidine rings is 1. The lowest BCUT2D eigenvalue weighted by atomic mass is 9.95. The molecule has 3 aliphatic rings. The number of rotatable bonds is 6. The van der Waals surface area contributed by atoms with Crippen LogP contribution >= 0.6 is 0 Å². The van der Waals surface area contributed by atoms with E-state index in [9.17, 15) is 14.4 Å². The van der Waals surface area contributed by atoms with Crippen LogP contribution in [0.15, 0.2) is 0 Å². The summed E-state index contributed by atoms with van der Waals surface area (Å²) in [5.41, 5.74) is 0. The van der Waals surface area contributed by atoms with Gasteiger partial charge in [0, 0.05) is 65.2 Å². The Morgan fingerprint density at radius 1 is 0.962 bits per heavy atom. The molecule has 3 heterocycles. The fraction of sp³-hybridized carbons (Fsp3) is 0.842. The lowest BCUT2D eigenvalue weighted by molar-refractivity contribution is -0.144. The lowest BCUT2D eigenvalue weighted by Gasteiger charge is -2.38. The standard InChI is InChI=1S/C19H32N4O3/c1-2-20-11-13-22(14-12-20)19(26)16-6-7-18(25)23(15-16)10-4-9-21-8-3-5-17(21)24/h16H,2-15H2,1H3/t16-/m0/s1. The number of carbonyl (C=O) groups is 3. The number of piperazine rings is 1. The molecule has 0 aromatic heterocycles. The van der Waals surface area contributed by atoms with Crippen LogP contribution in [0, 0.1) is 5.92 Å². The molecule has 3 fully saturated rings. The van der Waals surface area contributed by atoms with Gasteiger partial charge < -0.3 is 19.6 Å². The van der Waals surface area contributed by atoms with Crippen LogP contribution in [-0.4, -0.2) is 96.2 Å². The molecule has 3 saturated heterocycles. The molecule has 3 amide bonds. The van der Waals surface area contributed by atoms with Gasteiger partial charge in [-0.1, -0.05) is 6.92 Å². The summed E-state index contributed by atoms with van der Waals surface area (Å²) in [6.45, 7) is 9.43. The molecule has 0 spiro atoms. The Labute approximate surface area is 156 Å². The van der Waals surface area contributed by atoms with Crippen molar-refractivity contribution < 1.29 is 14.4 Å². The number of carbonyl (C=O) groups excluding carboxylic acids is 3. The summed E-state index contributed by atoms with van der Waals surface area (Å²) < 4.78 is 0. The molecular weight excluding hydrogens is 332 g/mol. The highest BCUT2D eigenvalue weighted by molar-refractivity contribution is 5.84. The minimum atomic E-state index is -0.0608. The zero-order chi connectivity index (χ0) is 18.5. The van der Waals surface area contributed by atoms with Crippen molar-refractivity contribution in [2.45, 2.75) is 39.0 Å². The maximum atomic E-state index is 12.8. The van der Waals surface area contributed by atoms with E-state index in [0.717, 1.165) is 58.7 Å². The first-order valence-corrected chi connectivity index (χ1v) is 10.1. The van der Waals surface area contributed by atoms with Crippen LogP contribution in [0.2, 0.25) is 0 Å². The smallest absolute Gasteiger partial charge is 0.227 e. The number of hydrogen-bond donors (Lipinski definition) is 0. The summed E-state index contributed by atoms with van der Waals surface area (Å²) in [5, 5.41) is 0. The van der Waals surface area contributed by atoms with E-state index in [2.05, 4.69) is 11.8 Å². The third kappa shape index (κ3) is 4.55. The van der Waals surface area contributed by atoms with E-state index in [4.69, 9.17) is 0 Å². The molecule has 0 unspecified atom stereocenters. The Balaban J connectivity index is 1.45.